The molecule has 24 heavy (non-hydrogen) atoms. The van der Waals surface area contributed by atoms with Gasteiger partial charge < -0.3 is 35.0 Å². The van der Waals surface area contributed by atoms with Gasteiger partial charge >= 0.3 is 0 Å². The summed E-state index contributed by atoms with van der Waals surface area (Å²) in [4.78, 5) is 12.5. The van der Waals surface area contributed by atoms with Gasteiger partial charge in [0.1, 0.15) is 22.8 Å². The number of aliphatic hydroxyl groups is 1. The van der Waals surface area contributed by atoms with Crippen LogP contribution in [-0.2, 0) is 0 Å². The smallest absolute Gasteiger partial charge is 0.202 e. The fourth-order valence-electron chi connectivity index (χ4n) is 2.60. The van der Waals surface area contributed by atoms with Crippen molar-refractivity contribution in [1.82, 2.24) is 0 Å². The molecule has 0 fully saturated rings. The Hall–Kier alpha value is -3.13. The zero-order valence-corrected chi connectivity index (χ0v) is 12.4. The Labute approximate surface area is 135 Å². The van der Waals surface area contributed by atoms with Gasteiger partial charge in [-0.3, -0.25) is 4.79 Å². The van der Waals surface area contributed by atoms with Crippen LogP contribution in [0.4, 0.5) is 0 Å². The molecule has 0 radical (unpaired) electrons. The molecule has 3 rings (SSSR count). The second-order valence-corrected chi connectivity index (χ2v) is 5.28. The zero-order valence-electron chi connectivity index (χ0n) is 12.4. The van der Waals surface area contributed by atoms with E-state index in [0.717, 1.165) is 12.1 Å². The van der Waals surface area contributed by atoms with Gasteiger partial charge in [-0.25, -0.2) is 0 Å². The number of fused-ring (bicyclic) bond motifs is 1. The molecule has 2 atom stereocenters. The standard InChI is InChI=1S/C16H14O8/c1-23-10-4-7(17)5-11-12(10)14(21)15(22)16(24-11)6-2-8(18)13(20)9(19)3-6/h2-5,15-20,22H,1H3/t15-,16-/m0/s1. The first kappa shape index (κ1) is 15.8. The first-order valence-corrected chi connectivity index (χ1v) is 6.88. The second-order valence-electron chi connectivity index (χ2n) is 5.28. The second kappa shape index (κ2) is 5.50. The third-order valence-electron chi connectivity index (χ3n) is 3.75. The normalized spacial score (nSPS) is 19.5. The Balaban J connectivity index is 2.11. The zero-order chi connectivity index (χ0) is 17.6. The van der Waals surface area contributed by atoms with Crippen molar-refractivity contribution >= 4 is 5.78 Å². The number of ether oxygens (including phenoxy) is 2. The highest BCUT2D eigenvalue weighted by molar-refractivity contribution is 6.05. The molecule has 0 spiro atoms. The van der Waals surface area contributed by atoms with Crippen molar-refractivity contribution < 1.29 is 39.8 Å². The first-order chi connectivity index (χ1) is 11.3. The topological polar surface area (TPSA) is 137 Å². The van der Waals surface area contributed by atoms with Crippen molar-refractivity contribution in [3.63, 3.8) is 0 Å². The third kappa shape index (κ3) is 2.33. The summed E-state index contributed by atoms with van der Waals surface area (Å²) in [6.45, 7) is 0. The number of methoxy groups -OCH3 is 1. The summed E-state index contributed by atoms with van der Waals surface area (Å²) in [6, 6.07) is 4.52. The molecule has 2 aromatic carbocycles. The highest BCUT2D eigenvalue weighted by Gasteiger charge is 2.40. The molecule has 0 bridgehead atoms. The van der Waals surface area contributed by atoms with E-state index in [2.05, 4.69) is 0 Å². The monoisotopic (exact) mass is 334 g/mol. The van der Waals surface area contributed by atoms with Crippen molar-refractivity contribution in [2.24, 2.45) is 0 Å². The van der Waals surface area contributed by atoms with Gasteiger partial charge in [0.25, 0.3) is 0 Å². The predicted molar refractivity (Wildman–Crippen MR) is 79.8 cm³/mol. The number of aliphatic hydroxyl groups excluding tert-OH is 1. The molecular weight excluding hydrogens is 320 g/mol. The molecule has 0 unspecified atom stereocenters. The van der Waals surface area contributed by atoms with Gasteiger partial charge in [-0.05, 0) is 12.1 Å². The van der Waals surface area contributed by atoms with Crippen LogP contribution in [0, 0.1) is 0 Å². The lowest BCUT2D eigenvalue weighted by Crippen LogP contribution is -2.36. The van der Waals surface area contributed by atoms with Crippen LogP contribution in [0.1, 0.15) is 22.0 Å². The minimum atomic E-state index is -1.64. The number of aromatic hydroxyl groups is 4. The molecule has 2 aromatic rings. The number of carbonyl (C=O) groups excluding carboxylic acids is 1. The summed E-state index contributed by atoms with van der Waals surface area (Å²) in [6.07, 6.45) is -2.90. The average Bonchev–Trinajstić information content (AvgIpc) is 2.54. The van der Waals surface area contributed by atoms with Gasteiger partial charge in [-0.2, -0.15) is 0 Å². The first-order valence-electron chi connectivity index (χ1n) is 6.88. The van der Waals surface area contributed by atoms with Crippen LogP contribution in [-0.4, -0.2) is 44.5 Å². The van der Waals surface area contributed by atoms with Gasteiger partial charge in [0, 0.05) is 17.7 Å². The lowest BCUT2D eigenvalue weighted by atomic mass is 9.92. The highest BCUT2D eigenvalue weighted by atomic mass is 16.5. The highest BCUT2D eigenvalue weighted by Crippen LogP contribution is 2.44. The van der Waals surface area contributed by atoms with Crippen molar-refractivity contribution in [1.29, 1.82) is 0 Å². The lowest BCUT2D eigenvalue weighted by molar-refractivity contribution is 0.0209. The van der Waals surface area contributed by atoms with Crippen molar-refractivity contribution in [3.05, 3.63) is 35.4 Å². The quantitative estimate of drug-likeness (QED) is 0.517. The largest absolute Gasteiger partial charge is 0.508 e. The van der Waals surface area contributed by atoms with E-state index >= 15 is 0 Å². The number of benzene rings is 2. The van der Waals surface area contributed by atoms with Crippen LogP contribution in [0.15, 0.2) is 24.3 Å². The molecule has 0 aromatic heterocycles. The molecule has 5 N–H and O–H groups in total. The fraction of sp³-hybridized carbons (Fsp3) is 0.188. The number of Topliss-reactive ketones (excluding diaryl/α,β-unsaturated/α-hetero) is 1. The van der Waals surface area contributed by atoms with E-state index in [9.17, 15) is 30.3 Å². The predicted octanol–water partition coefficient (Wildman–Crippen LogP) is 1.19. The van der Waals surface area contributed by atoms with E-state index in [-0.39, 0.29) is 28.4 Å². The van der Waals surface area contributed by atoms with Crippen molar-refractivity contribution in [2.75, 3.05) is 7.11 Å². The molecule has 8 heteroatoms. The van der Waals surface area contributed by atoms with E-state index in [4.69, 9.17) is 9.47 Å². The Kier molecular flexibility index (Phi) is 3.61. The summed E-state index contributed by atoms with van der Waals surface area (Å²) in [5, 5.41) is 48.5. The maximum atomic E-state index is 12.5. The van der Waals surface area contributed by atoms with E-state index in [0.29, 0.717) is 0 Å². The fourth-order valence-corrected chi connectivity index (χ4v) is 2.60. The van der Waals surface area contributed by atoms with Gasteiger partial charge in [0.05, 0.1) is 7.11 Å². The number of rotatable bonds is 2. The maximum absolute atomic E-state index is 12.5. The maximum Gasteiger partial charge on any atom is 0.202 e. The molecule has 1 aliphatic heterocycles. The van der Waals surface area contributed by atoms with Crippen LogP contribution in [0.5, 0.6) is 34.5 Å². The SMILES string of the molecule is COc1cc(O)cc2c1C(=O)[C@H](O)[C@H](c1cc(O)c(O)c(O)c1)O2. The summed E-state index contributed by atoms with van der Waals surface area (Å²) in [5.74, 6) is -2.87. The number of phenolic OH excluding ortho intramolecular Hbond substituents is 4. The van der Waals surface area contributed by atoms with Gasteiger partial charge in [-0.1, -0.05) is 0 Å². The molecule has 1 aliphatic rings. The summed E-state index contributed by atoms with van der Waals surface area (Å²) in [5.41, 5.74) is 0.0443. The summed E-state index contributed by atoms with van der Waals surface area (Å²) in [7, 11) is 1.30. The average molecular weight is 334 g/mol. The van der Waals surface area contributed by atoms with Gasteiger partial charge in [0.2, 0.25) is 5.78 Å². The number of carbonyl (C=O) groups is 1. The minimum absolute atomic E-state index is 0.0146. The van der Waals surface area contributed by atoms with Crippen LogP contribution < -0.4 is 9.47 Å². The van der Waals surface area contributed by atoms with Crippen molar-refractivity contribution in [2.45, 2.75) is 12.2 Å². The van der Waals surface area contributed by atoms with Crippen molar-refractivity contribution in [3.8, 4) is 34.5 Å². The number of ketones is 1. The molecule has 0 saturated heterocycles. The van der Waals surface area contributed by atoms with E-state index in [1.165, 1.54) is 19.2 Å². The Bertz CT molecular complexity index is 806. The number of phenols is 4. The molecule has 1 heterocycles. The van der Waals surface area contributed by atoms with E-state index in [1.807, 2.05) is 0 Å². The Morgan fingerprint density at radius 3 is 2.25 bits per heavy atom. The summed E-state index contributed by atoms with van der Waals surface area (Å²) < 4.78 is 10.6. The van der Waals surface area contributed by atoms with Crippen LogP contribution in [0.3, 0.4) is 0 Å². The third-order valence-corrected chi connectivity index (χ3v) is 3.75. The van der Waals surface area contributed by atoms with Gasteiger partial charge in [-0.15, -0.1) is 0 Å². The van der Waals surface area contributed by atoms with Crippen LogP contribution >= 0.6 is 0 Å². The van der Waals surface area contributed by atoms with Gasteiger partial charge in [0.15, 0.2) is 29.5 Å². The minimum Gasteiger partial charge on any atom is -0.508 e. The summed E-state index contributed by atoms with van der Waals surface area (Å²) >= 11 is 0. The molecule has 8 nitrogen and oxygen atoms in total. The van der Waals surface area contributed by atoms with E-state index in [1.54, 1.807) is 0 Å². The molecule has 0 aliphatic carbocycles. The lowest BCUT2D eigenvalue weighted by Gasteiger charge is -2.30. The number of hydrogen-bond donors (Lipinski definition) is 5. The van der Waals surface area contributed by atoms with E-state index < -0.39 is 35.2 Å². The Morgan fingerprint density at radius 1 is 1.04 bits per heavy atom. The Morgan fingerprint density at radius 2 is 1.67 bits per heavy atom. The molecular formula is C16H14O8. The number of hydrogen-bond acceptors (Lipinski definition) is 8. The molecule has 126 valence electrons. The van der Waals surface area contributed by atoms with Crippen LogP contribution in [0.25, 0.3) is 0 Å². The van der Waals surface area contributed by atoms with Crippen LogP contribution in [0.2, 0.25) is 0 Å². The molecule has 0 amide bonds. The molecule has 0 saturated carbocycles.